The second kappa shape index (κ2) is 8.45. The highest BCUT2D eigenvalue weighted by atomic mass is 32.2. The van der Waals surface area contributed by atoms with Crippen LogP contribution in [0.2, 0.25) is 0 Å². The Hall–Kier alpha value is -2.68. The number of sulfonamides is 1. The third-order valence-electron chi connectivity index (χ3n) is 5.59. The molecule has 31 heavy (non-hydrogen) atoms. The van der Waals surface area contributed by atoms with Crippen LogP contribution in [-0.4, -0.2) is 26.9 Å². The van der Waals surface area contributed by atoms with Gasteiger partial charge in [0, 0.05) is 16.6 Å². The van der Waals surface area contributed by atoms with E-state index in [4.69, 9.17) is 5.14 Å². The molecule has 162 valence electrons. The lowest BCUT2D eigenvalue weighted by Crippen LogP contribution is -2.41. The molecule has 0 unspecified atom stereocenters. The first kappa shape index (κ1) is 21.5. The molecule has 4 rings (SSSR count). The van der Waals surface area contributed by atoms with Gasteiger partial charge in [-0.2, -0.15) is 0 Å². The molecular weight excluding hydrogens is 430 g/mol. The standard InChI is InChI=1S/C23H25N3O3S2/c1-15-5-7-17(8-6-15)23(21-4-3-11-30-21)25-22(27)14-26-16(2)12-18-13-19(31(24,28)29)9-10-20(18)26/h3-11,13,16,23H,12,14H2,1-2H3,(H,25,27)(H2,24,28,29)/t16-,23-/m0/s1. The highest BCUT2D eigenvalue weighted by Gasteiger charge is 2.29. The van der Waals surface area contributed by atoms with Crippen LogP contribution in [-0.2, 0) is 21.2 Å². The van der Waals surface area contributed by atoms with E-state index in [1.165, 1.54) is 11.6 Å². The highest BCUT2D eigenvalue weighted by Crippen LogP contribution is 2.33. The maximum atomic E-state index is 13.1. The lowest BCUT2D eigenvalue weighted by Gasteiger charge is -2.26. The van der Waals surface area contributed by atoms with Crippen molar-refractivity contribution in [3.8, 4) is 0 Å². The number of primary sulfonamides is 1. The van der Waals surface area contributed by atoms with Crippen LogP contribution in [0.25, 0.3) is 0 Å². The molecule has 1 aromatic heterocycles. The molecule has 6 nitrogen and oxygen atoms in total. The Balaban J connectivity index is 1.54. The molecular formula is C23H25N3O3S2. The topological polar surface area (TPSA) is 92.5 Å². The number of thiophene rings is 1. The predicted molar refractivity (Wildman–Crippen MR) is 124 cm³/mol. The third-order valence-corrected chi connectivity index (χ3v) is 7.44. The molecule has 0 saturated carbocycles. The van der Waals surface area contributed by atoms with Gasteiger partial charge in [0.2, 0.25) is 15.9 Å². The fourth-order valence-corrected chi connectivity index (χ4v) is 5.35. The van der Waals surface area contributed by atoms with Crippen molar-refractivity contribution < 1.29 is 13.2 Å². The van der Waals surface area contributed by atoms with Gasteiger partial charge >= 0.3 is 0 Å². The van der Waals surface area contributed by atoms with Crippen molar-refractivity contribution in [3.05, 3.63) is 81.5 Å². The summed E-state index contributed by atoms with van der Waals surface area (Å²) < 4.78 is 23.3. The lowest BCUT2D eigenvalue weighted by atomic mass is 10.0. The maximum Gasteiger partial charge on any atom is 0.240 e. The molecule has 0 radical (unpaired) electrons. The fraction of sp³-hybridized carbons (Fsp3) is 0.261. The Bertz CT molecular complexity index is 1190. The van der Waals surface area contributed by atoms with Crippen LogP contribution < -0.4 is 15.4 Å². The molecule has 2 atom stereocenters. The summed E-state index contributed by atoms with van der Waals surface area (Å²) in [5.41, 5.74) is 3.97. The number of carbonyl (C=O) groups is 1. The number of benzene rings is 2. The maximum absolute atomic E-state index is 13.1. The molecule has 1 aliphatic rings. The first-order valence-electron chi connectivity index (χ1n) is 10.0. The van der Waals surface area contributed by atoms with Crippen LogP contribution in [0, 0.1) is 6.92 Å². The van der Waals surface area contributed by atoms with Crippen molar-refractivity contribution in [3.63, 3.8) is 0 Å². The Kier molecular flexibility index (Phi) is 5.88. The molecule has 0 fully saturated rings. The van der Waals surface area contributed by atoms with Crippen LogP contribution in [0.3, 0.4) is 0 Å². The predicted octanol–water partition coefficient (Wildman–Crippen LogP) is 3.36. The Morgan fingerprint density at radius 1 is 1.23 bits per heavy atom. The second-order valence-electron chi connectivity index (χ2n) is 7.94. The molecule has 0 bridgehead atoms. The second-order valence-corrected chi connectivity index (χ2v) is 10.5. The molecule has 2 aromatic carbocycles. The smallest absolute Gasteiger partial charge is 0.240 e. The first-order chi connectivity index (χ1) is 14.7. The van der Waals surface area contributed by atoms with Crippen molar-refractivity contribution in [2.45, 2.75) is 37.2 Å². The van der Waals surface area contributed by atoms with Crippen LogP contribution in [0.4, 0.5) is 5.69 Å². The number of nitrogens with one attached hydrogen (secondary N) is 1. The van der Waals surface area contributed by atoms with Gasteiger partial charge in [0.25, 0.3) is 0 Å². The van der Waals surface area contributed by atoms with Crippen molar-refractivity contribution in [2.75, 3.05) is 11.4 Å². The molecule has 3 aromatic rings. The minimum Gasteiger partial charge on any atom is -0.359 e. The van der Waals surface area contributed by atoms with E-state index in [0.717, 1.165) is 21.7 Å². The minimum atomic E-state index is -3.75. The summed E-state index contributed by atoms with van der Waals surface area (Å²) in [5.74, 6) is -0.0887. The number of rotatable bonds is 6. The number of carbonyl (C=O) groups excluding carboxylic acids is 1. The number of hydrogen-bond acceptors (Lipinski definition) is 5. The average Bonchev–Trinajstić information content (AvgIpc) is 3.34. The number of hydrogen-bond donors (Lipinski definition) is 2. The summed E-state index contributed by atoms with van der Waals surface area (Å²) >= 11 is 1.61. The minimum absolute atomic E-state index is 0.0797. The van der Waals surface area contributed by atoms with E-state index in [1.807, 2.05) is 60.5 Å². The van der Waals surface area contributed by atoms with E-state index in [2.05, 4.69) is 5.32 Å². The van der Waals surface area contributed by atoms with Gasteiger partial charge in [-0.1, -0.05) is 35.9 Å². The molecule has 0 spiro atoms. The van der Waals surface area contributed by atoms with Crippen molar-refractivity contribution in [1.82, 2.24) is 5.32 Å². The largest absolute Gasteiger partial charge is 0.359 e. The van der Waals surface area contributed by atoms with Crippen LogP contribution >= 0.6 is 11.3 Å². The number of amides is 1. The molecule has 1 amide bonds. The molecule has 8 heteroatoms. The van der Waals surface area contributed by atoms with Gasteiger partial charge in [-0.3, -0.25) is 4.79 Å². The van der Waals surface area contributed by atoms with Gasteiger partial charge in [0.05, 0.1) is 17.5 Å². The molecule has 1 aliphatic heterocycles. The lowest BCUT2D eigenvalue weighted by molar-refractivity contribution is -0.120. The third kappa shape index (κ3) is 4.66. The van der Waals surface area contributed by atoms with E-state index in [0.29, 0.717) is 6.42 Å². The van der Waals surface area contributed by atoms with Gasteiger partial charge in [0.15, 0.2) is 0 Å². The fourth-order valence-electron chi connectivity index (χ4n) is 3.98. The molecule has 0 saturated heterocycles. The summed E-state index contributed by atoms with van der Waals surface area (Å²) in [6.07, 6.45) is 0.665. The van der Waals surface area contributed by atoms with Gasteiger partial charge in [-0.15, -0.1) is 11.3 Å². The average molecular weight is 456 g/mol. The quantitative estimate of drug-likeness (QED) is 0.596. The number of anilines is 1. The van der Waals surface area contributed by atoms with Crippen molar-refractivity contribution in [2.24, 2.45) is 5.14 Å². The van der Waals surface area contributed by atoms with Crippen LogP contribution in [0.1, 0.15) is 34.5 Å². The van der Waals surface area contributed by atoms with E-state index >= 15 is 0 Å². The molecule has 2 heterocycles. The van der Waals surface area contributed by atoms with Crippen molar-refractivity contribution in [1.29, 1.82) is 0 Å². The highest BCUT2D eigenvalue weighted by molar-refractivity contribution is 7.89. The van der Waals surface area contributed by atoms with E-state index in [1.54, 1.807) is 23.5 Å². The number of aryl methyl sites for hydroxylation is 1. The number of nitrogens with two attached hydrogens (primary N) is 1. The number of fused-ring (bicyclic) bond motifs is 1. The SMILES string of the molecule is Cc1ccc([C@H](NC(=O)CN2c3ccc(S(N)(=O)=O)cc3C[C@@H]2C)c2cccs2)cc1. The zero-order valence-corrected chi connectivity index (χ0v) is 19.0. The van der Waals surface area contributed by atoms with Crippen LogP contribution in [0.5, 0.6) is 0 Å². The van der Waals surface area contributed by atoms with Crippen molar-refractivity contribution >= 4 is 33.0 Å². The monoisotopic (exact) mass is 455 g/mol. The Labute approximate surface area is 186 Å². The van der Waals surface area contributed by atoms with Gasteiger partial charge in [0.1, 0.15) is 0 Å². The van der Waals surface area contributed by atoms with E-state index < -0.39 is 10.0 Å². The summed E-state index contributed by atoms with van der Waals surface area (Å²) in [5, 5.41) is 10.4. The molecule has 3 N–H and O–H groups in total. The zero-order chi connectivity index (χ0) is 22.2. The number of nitrogens with zero attached hydrogens (tertiary/aromatic N) is 1. The zero-order valence-electron chi connectivity index (χ0n) is 17.4. The summed E-state index contributed by atoms with van der Waals surface area (Å²) in [7, 11) is -3.75. The van der Waals surface area contributed by atoms with Crippen LogP contribution in [0.15, 0.2) is 64.9 Å². The summed E-state index contributed by atoms with van der Waals surface area (Å²) in [4.78, 5) is 16.2. The normalized spacial score (nSPS) is 16.7. The summed E-state index contributed by atoms with van der Waals surface area (Å²) in [6, 6.07) is 16.9. The van der Waals surface area contributed by atoms with Gasteiger partial charge in [-0.25, -0.2) is 13.6 Å². The van der Waals surface area contributed by atoms with E-state index in [-0.39, 0.29) is 29.4 Å². The Morgan fingerprint density at radius 2 is 1.97 bits per heavy atom. The van der Waals surface area contributed by atoms with E-state index in [9.17, 15) is 13.2 Å². The Morgan fingerprint density at radius 3 is 2.61 bits per heavy atom. The molecule has 0 aliphatic carbocycles. The van der Waals surface area contributed by atoms with Gasteiger partial charge < -0.3 is 10.2 Å². The summed E-state index contributed by atoms with van der Waals surface area (Å²) in [6.45, 7) is 4.26. The first-order valence-corrected chi connectivity index (χ1v) is 12.5. The van der Waals surface area contributed by atoms with Gasteiger partial charge in [-0.05, 0) is 61.0 Å².